The average Bonchev–Trinajstić information content (AvgIpc) is 2.72. The van der Waals surface area contributed by atoms with Gasteiger partial charge in [0, 0.05) is 5.56 Å². The second-order valence-corrected chi connectivity index (χ2v) is 5.56. The Bertz CT molecular complexity index is 891. The van der Waals surface area contributed by atoms with Crippen molar-refractivity contribution in [1.82, 2.24) is 4.98 Å². The van der Waals surface area contributed by atoms with Crippen LogP contribution in [0.2, 0.25) is 0 Å². The molecule has 3 rings (SSSR count). The van der Waals surface area contributed by atoms with Crippen molar-refractivity contribution in [1.29, 1.82) is 0 Å². The van der Waals surface area contributed by atoms with Gasteiger partial charge in [0.1, 0.15) is 23.8 Å². The van der Waals surface area contributed by atoms with Crippen LogP contribution in [0.25, 0.3) is 11.3 Å². The van der Waals surface area contributed by atoms with Crippen LogP contribution in [0.4, 0.5) is 0 Å². The van der Waals surface area contributed by atoms with E-state index < -0.39 is 5.97 Å². The fourth-order valence-corrected chi connectivity index (χ4v) is 2.45. The predicted octanol–water partition coefficient (Wildman–Crippen LogP) is 4.12. The lowest BCUT2D eigenvalue weighted by molar-refractivity contribution is 0.0594. The molecule has 0 aliphatic carbocycles. The number of aromatic nitrogens is 1. The lowest BCUT2D eigenvalue weighted by atomic mass is 10.1. The Balaban J connectivity index is 1.74. The average molecular weight is 349 g/mol. The number of pyridine rings is 1. The molecule has 2 aromatic carbocycles. The molecule has 0 spiro atoms. The first kappa shape index (κ1) is 17.5. The van der Waals surface area contributed by atoms with Gasteiger partial charge in [-0.3, -0.25) is 0 Å². The van der Waals surface area contributed by atoms with Crippen LogP contribution in [0.3, 0.4) is 0 Å². The number of hydrogen-bond donors (Lipinski definition) is 0. The highest BCUT2D eigenvalue weighted by atomic mass is 16.5. The van der Waals surface area contributed by atoms with E-state index in [1.807, 2.05) is 54.6 Å². The van der Waals surface area contributed by atoms with E-state index in [0.717, 1.165) is 22.6 Å². The van der Waals surface area contributed by atoms with Gasteiger partial charge in [0.05, 0.1) is 19.9 Å². The standard InChI is InChI=1S/C21H19NO4/c1-24-17-11-9-15(10-12-17)14-26-18-6-3-5-16(13-18)19-7-4-8-20(22-19)21(23)25-2/h3-13H,14H2,1-2H3. The third-order valence-electron chi connectivity index (χ3n) is 3.84. The first-order valence-corrected chi connectivity index (χ1v) is 8.11. The molecule has 1 aromatic heterocycles. The van der Waals surface area contributed by atoms with E-state index in [9.17, 15) is 4.79 Å². The Labute approximate surface area is 152 Å². The van der Waals surface area contributed by atoms with Crippen LogP contribution in [0, 0.1) is 0 Å². The lowest BCUT2D eigenvalue weighted by Gasteiger charge is -2.09. The monoisotopic (exact) mass is 349 g/mol. The van der Waals surface area contributed by atoms with Crippen molar-refractivity contribution in [3.05, 3.63) is 78.0 Å². The number of hydrogen-bond acceptors (Lipinski definition) is 5. The molecule has 5 nitrogen and oxygen atoms in total. The minimum absolute atomic E-state index is 0.273. The summed E-state index contributed by atoms with van der Waals surface area (Å²) in [5, 5.41) is 0. The normalized spacial score (nSPS) is 10.2. The van der Waals surface area contributed by atoms with E-state index in [4.69, 9.17) is 14.2 Å². The molecule has 5 heteroatoms. The number of carbonyl (C=O) groups is 1. The van der Waals surface area contributed by atoms with Crippen molar-refractivity contribution in [2.24, 2.45) is 0 Å². The molecule has 0 atom stereocenters. The van der Waals surface area contributed by atoms with Crippen molar-refractivity contribution in [2.45, 2.75) is 6.61 Å². The number of esters is 1. The van der Waals surface area contributed by atoms with E-state index >= 15 is 0 Å². The van der Waals surface area contributed by atoms with Gasteiger partial charge in [0.15, 0.2) is 0 Å². The summed E-state index contributed by atoms with van der Waals surface area (Å²) in [5.41, 5.74) is 2.86. The maximum absolute atomic E-state index is 11.7. The van der Waals surface area contributed by atoms with Crippen LogP contribution >= 0.6 is 0 Å². The van der Waals surface area contributed by atoms with Gasteiger partial charge in [-0.2, -0.15) is 0 Å². The zero-order valence-electron chi connectivity index (χ0n) is 14.6. The highest BCUT2D eigenvalue weighted by Crippen LogP contribution is 2.23. The highest BCUT2D eigenvalue weighted by molar-refractivity contribution is 5.87. The number of methoxy groups -OCH3 is 2. The van der Waals surface area contributed by atoms with Crippen LogP contribution in [0.5, 0.6) is 11.5 Å². The van der Waals surface area contributed by atoms with Crippen molar-refractivity contribution >= 4 is 5.97 Å². The Hall–Kier alpha value is -3.34. The largest absolute Gasteiger partial charge is 0.497 e. The molecule has 0 aliphatic rings. The minimum Gasteiger partial charge on any atom is -0.497 e. The van der Waals surface area contributed by atoms with E-state index in [1.165, 1.54) is 7.11 Å². The SMILES string of the molecule is COC(=O)c1cccc(-c2cccc(OCc3ccc(OC)cc3)c2)n1. The topological polar surface area (TPSA) is 57.7 Å². The van der Waals surface area contributed by atoms with Crippen LogP contribution in [0.1, 0.15) is 16.1 Å². The summed E-state index contributed by atoms with van der Waals surface area (Å²) in [4.78, 5) is 16.0. The van der Waals surface area contributed by atoms with Gasteiger partial charge >= 0.3 is 5.97 Å². The number of rotatable bonds is 6. The summed E-state index contributed by atoms with van der Waals surface area (Å²) < 4.78 is 15.7. The van der Waals surface area contributed by atoms with Crippen LogP contribution in [-0.2, 0) is 11.3 Å². The maximum atomic E-state index is 11.7. The van der Waals surface area contributed by atoms with E-state index in [2.05, 4.69) is 4.98 Å². The van der Waals surface area contributed by atoms with Gasteiger partial charge in [-0.15, -0.1) is 0 Å². The molecule has 1 heterocycles. The molecule has 0 bridgehead atoms. The molecule has 132 valence electrons. The second kappa shape index (κ2) is 8.16. The predicted molar refractivity (Wildman–Crippen MR) is 98.3 cm³/mol. The van der Waals surface area contributed by atoms with Crippen molar-refractivity contribution in [2.75, 3.05) is 14.2 Å². The molecule has 0 radical (unpaired) electrons. The molecule has 3 aromatic rings. The van der Waals surface area contributed by atoms with Crippen molar-refractivity contribution in [3.63, 3.8) is 0 Å². The van der Waals surface area contributed by atoms with Gasteiger partial charge in [-0.1, -0.05) is 30.3 Å². The van der Waals surface area contributed by atoms with Crippen LogP contribution in [-0.4, -0.2) is 25.2 Å². The summed E-state index contributed by atoms with van der Waals surface area (Å²) in [5.74, 6) is 1.08. The van der Waals surface area contributed by atoms with Gasteiger partial charge in [-0.05, 0) is 42.0 Å². The molecule has 0 saturated heterocycles. The number of benzene rings is 2. The lowest BCUT2D eigenvalue weighted by Crippen LogP contribution is -2.04. The molecule has 0 unspecified atom stereocenters. The van der Waals surface area contributed by atoms with Crippen molar-refractivity contribution < 1.29 is 19.0 Å². The summed E-state index contributed by atoms with van der Waals surface area (Å²) in [6.07, 6.45) is 0. The molecular weight excluding hydrogens is 330 g/mol. The van der Waals surface area contributed by atoms with Gasteiger partial charge < -0.3 is 14.2 Å². The zero-order valence-corrected chi connectivity index (χ0v) is 14.6. The molecule has 0 saturated carbocycles. The Morgan fingerprint density at radius 2 is 1.69 bits per heavy atom. The third kappa shape index (κ3) is 4.19. The number of carbonyl (C=O) groups excluding carboxylic acids is 1. The second-order valence-electron chi connectivity index (χ2n) is 5.56. The molecule has 0 aliphatic heterocycles. The minimum atomic E-state index is -0.459. The molecule has 0 amide bonds. The maximum Gasteiger partial charge on any atom is 0.356 e. The van der Waals surface area contributed by atoms with Gasteiger partial charge in [0.2, 0.25) is 0 Å². The van der Waals surface area contributed by atoms with E-state index in [-0.39, 0.29) is 5.69 Å². The summed E-state index contributed by atoms with van der Waals surface area (Å²) >= 11 is 0. The van der Waals surface area contributed by atoms with Gasteiger partial charge in [-0.25, -0.2) is 9.78 Å². The fraction of sp³-hybridized carbons (Fsp3) is 0.143. The smallest absolute Gasteiger partial charge is 0.356 e. The first-order chi connectivity index (χ1) is 12.7. The fourth-order valence-electron chi connectivity index (χ4n) is 2.45. The first-order valence-electron chi connectivity index (χ1n) is 8.11. The van der Waals surface area contributed by atoms with E-state index in [0.29, 0.717) is 12.3 Å². The Kier molecular flexibility index (Phi) is 5.49. The highest BCUT2D eigenvalue weighted by Gasteiger charge is 2.09. The Morgan fingerprint density at radius 1 is 0.923 bits per heavy atom. The summed E-state index contributed by atoms with van der Waals surface area (Å²) in [6, 6.07) is 20.6. The van der Waals surface area contributed by atoms with Crippen molar-refractivity contribution in [3.8, 4) is 22.8 Å². The molecular formula is C21H19NO4. The zero-order chi connectivity index (χ0) is 18.4. The number of nitrogens with zero attached hydrogens (tertiary/aromatic N) is 1. The molecule has 0 N–H and O–H groups in total. The Morgan fingerprint density at radius 3 is 2.42 bits per heavy atom. The number of ether oxygens (including phenoxy) is 3. The third-order valence-corrected chi connectivity index (χ3v) is 3.84. The summed E-state index contributed by atoms with van der Waals surface area (Å²) in [7, 11) is 2.98. The van der Waals surface area contributed by atoms with Crippen LogP contribution < -0.4 is 9.47 Å². The van der Waals surface area contributed by atoms with Crippen LogP contribution in [0.15, 0.2) is 66.7 Å². The van der Waals surface area contributed by atoms with E-state index in [1.54, 1.807) is 19.2 Å². The quantitative estimate of drug-likeness (QED) is 0.627. The molecule has 0 fully saturated rings. The summed E-state index contributed by atoms with van der Waals surface area (Å²) in [6.45, 7) is 0.447. The van der Waals surface area contributed by atoms with Gasteiger partial charge in [0.25, 0.3) is 0 Å². The molecule has 26 heavy (non-hydrogen) atoms.